The molecule has 0 saturated heterocycles. The quantitative estimate of drug-likeness (QED) is 0.135. The van der Waals surface area contributed by atoms with Crippen molar-refractivity contribution in [2.24, 2.45) is 0 Å². The summed E-state index contributed by atoms with van der Waals surface area (Å²) in [4.78, 5) is 16.2. The Morgan fingerprint density at radius 1 is 0.423 bits per heavy atom. The molecule has 0 saturated carbocycles. The Morgan fingerprint density at radius 3 is 1.32 bits per heavy atom. The molecule has 9 aromatic carbocycles. The van der Waals surface area contributed by atoms with Gasteiger partial charge in [-0.05, 0) is 110 Å². The standard InChI is InChI=1S/C65H45N5S/c1-3-4-35-57-45(2)50-30-14-19-36-58(50)68(57)63-43-49(71(46-24-8-5-9-25-46,47-26-10-6-11-27-47)48-28-12-7-13-29-48)41-42-55(63)56-44-64(69-59-37-20-15-31-51(59)52-32-16-21-38-60(52)69)67-65(66-56)70-61-39-22-17-33-53(61)54-34-18-23-40-62(54)70/h1,4-44H,2H3/b35-4-. The van der Waals surface area contributed by atoms with Gasteiger partial charge in [-0.1, -0.05) is 152 Å². The zero-order chi connectivity index (χ0) is 47.5. The SMILES string of the molecule is C#C/C=C\c1c(C)c2ccccc2n1-c1cc(S(c2ccccc2)(c2ccccc2)c2ccccc2)ccc1-c1cc(-n2c3ccccc3c3ccccc32)nc(-n2c3ccccc3c3ccccc32)n1. The van der Waals surface area contributed by atoms with Gasteiger partial charge in [0.05, 0.1) is 44.7 Å². The summed E-state index contributed by atoms with van der Waals surface area (Å²) in [6.45, 7) is 2.19. The van der Waals surface area contributed by atoms with Gasteiger partial charge in [0.1, 0.15) is 5.82 Å². The first-order valence-corrected chi connectivity index (χ1v) is 25.5. The Kier molecular flexibility index (Phi) is 10.1. The second-order valence-electron chi connectivity index (χ2n) is 17.7. The van der Waals surface area contributed by atoms with E-state index in [1.165, 1.54) is 19.6 Å². The highest BCUT2D eigenvalue weighted by Crippen LogP contribution is 2.73. The first kappa shape index (κ1) is 42.0. The van der Waals surface area contributed by atoms with Crippen LogP contribution in [0.3, 0.4) is 0 Å². The Bertz CT molecular complexity index is 3910. The summed E-state index contributed by atoms with van der Waals surface area (Å²) in [6, 6.07) is 85.3. The molecule has 13 rings (SSSR count). The van der Waals surface area contributed by atoms with E-state index in [-0.39, 0.29) is 0 Å². The Hall–Kier alpha value is -9.15. The summed E-state index contributed by atoms with van der Waals surface area (Å²) >= 11 is 0. The van der Waals surface area contributed by atoms with Gasteiger partial charge in [0.25, 0.3) is 0 Å². The first-order valence-electron chi connectivity index (χ1n) is 23.9. The van der Waals surface area contributed by atoms with Crippen LogP contribution < -0.4 is 0 Å². The molecule has 0 spiro atoms. The molecule has 71 heavy (non-hydrogen) atoms. The second-order valence-corrected chi connectivity index (χ2v) is 20.9. The third-order valence-electron chi connectivity index (χ3n) is 13.9. The third kappa shape index (κ3) is 6.59. The van der Waals surface area contributed by atoms with Crippen molar-refractivity contribution in [1.29, 1.82) is 0 Å². The van der Waals surface area contributed by atoms with E-state index in [0.29, 0.717) is 5.95 Å². The summed E-state index contributed by atoms with van der Waals surface area (Å²) in [5.41, 5.74) is 10.1. The van der Waals surface area contributed by atoms with E-state index in [2.05, 4.69) is 269 Å². The molecule has 0 N–H and O–H groups in total. The topological polar surface area (TPSA) is 40.6 Å². The first-order chi connectivity index (χ1) is 35.1. The molecule has 0 amide bonds. The van der Waals surface area contributed by atoms with Crippen LogP contribution in [0.4, 0.5) is 0 Å². The number of nitrogens with zero attached hydrogens (tertiary/aromatic N) is 5. The summed E-state index contributed by atoms with van der Waals surface area (Å²) in [5, 5.41) is 5.75. The molecular formula is C65H45N5S. The fourth-order valence-corrected chi connectivity index (χ4v) is 14.8. The lowest BCUT2D eigenvalue weighted by atomic mass is 10.1. The molecule has 6 heteroatoms. The van der Waals surface area contributed by atoms with Crippen molar-refractivity contribution in [3.63, 3.8) is 0 Å². The maximum atomic E-state index is 6.02. The Balaban J connectivity index is 1.19. The normalized spacial score (nSPS) is 12.2. The number of rotatable bonds is 9. The van der Waals surface area contributed by atoms with Crippen molar-refractivity contribution < 1.29 is 0 Å². The van der Waals surface area contributed by atoms with Crippen molar-refractivity contribution in [3.05, 3.63) is 254 Å². The molecule has 0 aliphatic heterocycles. The molecular weight excluding hydrogens is 883 g/mol. The molecule has 4 aromatic heterocycles. The van der Waals surface area contributed by atoms with Crippen molar-refractivity contribution in [2.45, 2.75) is 26.5 Å². The van der Waals surface area contributed by atoms with Crippen LogP contribution in [-0.2, 0) is 0 Å². The van der Waals surface area contributed by atoms with Crippen molar-refractivity contribution in [3.8, 4) is 41.1 Å². The van der Waals surface area contributed by atoms with Gasteiger partial charge in [0.2, 0.25) is 5.95 Å². The molecule has 0 bridgehead atoms. The van der Waals surface area contributed by atoms with Crippen LogP contribution in [0.5, 0.6) is 0 Å². The third-order valence-corrected chi connectivity index (χ3v) is 17.8. The Labute approximate surface area is 413 Å². The number of benzene rings is 9. The van der Waals surface area contributed by atoms with Gasteiger partial charge >= 0.3 is 0 Å². The molecule has 13 aromatic rings. The predicted molar refractivity (Wildman–Crippen MR) is 296 cm³/mol. The molecule has 0 radical (unpaired) electrons. The summed E-state index contributed by atoms with van der Waals surface area (Å²) in [7, 11) is -2.11. The number of aromatic nitrogens is 5. The monoisotopic (exact) mass is 927 g/mol. The zero-order valence-corrected chi connectivity index (χ0v) is 39.7. The number of para-hydroxylation sites is 5. The molecule has 0 unspecified atom stereocenters. The average Bonchev–Trinajstić information content (AvgIpc) is 4.06. The van der Waals surface area contributed by atoms with Crippen LogP contribution in [0.25, 0.3) is 89.3 Å². The number of aryl methyl sites for hydroxylation is 1. The van der Waals surface area contributed by atoms with E-state index in [1.54, 1.807) is 6.08 Å². The number of hydrogen-bond donors (Lipinski definition) is 0. The average molecular weight is 928 g/mol. The fourth-order valence-electron chi connectivity index (χ4n) is 10.9. The minimum Gasteiger partial charge on any atom is -0.309 e. The maximum Gasteiger partial charge on any atom is 0.237 e. The minimum absolute atomic E-state index is 0.575. The van der Waals surface area contributed by atoms with Crippen molar-refractivity contribution >= 4 is 70.6 Å². The van der Waals surface area contributed by atoms with Gasteiger partial charge in [-0.2, -0.15) is 4.98 Å². The van der Waals surface area contributed by atoms with Gasteiger partial charge in [0.15, 0.2) is 0 Å². The lowest BCUT2D eigenvalue weighted by molar-refractivity contribution is 0.950. The van der Waals surface area contributed by atoms with E-state index < -0.39 is 10.0 Å². The molecule has 0 atom stereocenters. The second kappa shape index (κ2) is 17.1. The van der Waals surface area contributed by atoms with Crippen LogP contribution >= 0.6 is 10.0 Å². The lowest BCUT2D eigenvalue weighted by Gasteiger charge is -2.42. The molecule has 4 heterocycles. The van der Waals surface area contributed by atoms with Crippen LogP contribution in [-0.4, -0.2) is 23.7 Å². The van der Waals surface area contributed by atoms with Gasteiger partial charge in [-0.25, -0.2) is 4.98 Å². The largest absolute Gasteiger partial charge is 0.309 e. The van der Waals surface area contributed by atoms with E-state index in [1.807, 2.05) is 0 Å². The molecule has 0 fully saturated rings. The molecule has 5 nitrogen and oxygen atoms in total. The van der Waals surface area contributed by atoms with Gasteiger partial charge in [0, 0.05) is 58.1 Å². The van der Waals surface area contributed by atoms with Crippen molar-refractivity contribution in [2.75, 3.05) is 0 Å². The lowest BCUT2D eigenvalue weighted by Crippen LogP contribution is -2.10. The fraction of sp³-hybridized carbons (Fsp3) is 0.0154. The van der Waals surface area contributed by atoms with E-state index >= 15 is 0 Å². The number of hydrogen-bond acceptors (Lipinski definition) is 2. The highest BCUT2D eigenvalue weighted by molar-refractivity contribution is 8.34. The smallest absolute Gasteiger partial charge is 0.237 e. The number of allylic oxidation sites excluding steroid dienone is 1. The van der Waals surface area contributed by atoms with Gasteiger partial charge in [-0.3, -0.25) is 9.13 Å². The zero-order valence-electron chi connectivity index (χ0n) is 38.9. The summed E-state index contributed by atoms with van der Waals surface area (Å²) in [5.74, 6) is 4.14. The van der Waals surface area contributed by atoms with Crippen LogP contribution in [0.1, 0.15) is 11.3 Å². The molecule has 0 aliphatic carbocycles. The number of fused-ring (bicyclic) bond motifs is 7. The summed E-state index contributed by atoms with van der Waals surface area (Å²) in [6.07, 6.45) is 9.90. The van der Waals surface area contributed by atoms with Crippen LogP contribution in [0.2, 0.25) is 0 Å². The van der Waals surface area contributed by atoms with Crippen LogP contribution in [0.15, 0.2) is 262 Å². The highest BCUT2D eigenvalue weighted by Gasteiger charge is 2.35. The number of terminal acetylenes is 1. The highest BCUT2D eigenvalue weighted by atomic mass is 32.3. The minimum atomic E-state index is -2.11. The summed E-state index contributed by atoms with van der Waals surface area (Å²) < 4.78 is 6.92. The van der Waals surface area contributed by atoms with E-state index in [9.17, 15) is 0 Å². The van der Waals surface area contributed by atoms with E-state index in [0.717, 1.165) is 88.5 Å². The van der Waals surface area contributed by atoms with Gasteiger partial charge < -0.3 is 4.57 Å². The van der Waals surface area contributed by atoms with Gasteiger partial charge in [-0.15, -0.1) is 16.5 Å². The van der Waals surface area contributed by atoms with Crippen LogP contribution in [0, 0.1) is 19.3 Å². The Morgan fingerprint density at radius 2 is 0.845 bits per heavy atom. The van der Waals surface area contributed by atoms with E-state index in [4.69, 9.17) is 16.4 Å². The van der Waals surface area contributed by atoms with Crippen molar-refractivity contribution in [1.82, 2.24) is 23.7 Å². The molecule has 0 aliphatic rings. The maximum absolute atomic E-state index is 6.02. The molecule has 336 valence electrons. The predicted octanol–water partition coefficient (Wildman–Crippen LogP) is 16.6.